The van der Waals surface area contributed by atoms with Crippen molar-refractivity contribution in [2.45, 2.75) is 25.8 Å². The van der Waals surface area contributed by atoms with Gasteiger partial charge in [-0.05, 0) is 30.2 Å². The highest BCUT2D eigenvalue weighted by Gasteiger charge is 2.18. The van der Waals surface area contributed by atoms with Crippen molar-refractivity contribution in [2.24, 2.45) is 5.84 Å². The van der Waals surface area contributed by atoms with Crippen molar-refractivity contribution >= 4 is 15.9 Å². The number of aryl methyl sites for hydroxylation is 1. The molecule has 0 fully saturated rings. The van der Waals surface area contributed by atoms with Crippen molar-refractivity contribution in [3.8, 4) is 0 Å². The largest absolute Gasteiger partial charge is 0.469 e. The summed E-state index contributed by atoms with van der Waals surface area (Å²) in [4.78, 5) is 0. The summed E-state index contributed by atoms with van der Waals surface area (Å²) < 4.78 is 20.0. The molecule has 1 aromatic heterocycles. The van der Waals surface area contributed by atoms with Crippen LogP contribution < -0.4 is 11.3 Å². The van der Waals surface area contributed by atoms with Gasteiger partial charge in [-0.1, -0.05) is 28.9 Å². The van der Waals surface area contributed by atoms with Crippen LogP contribution in [-0.2, 0) is 12.8 Å². The number of furan rings is 1. The molecule has 0 aliphatic rings. The predicted octanol–water partition coefficient (Wildman–Crippen LogP) is 3.49. The normalized spacial score (nSPS) is 12.6. The van der Waals surface area contributed by atoms with E-state index in [9.17, 15) is 4.39 Å². The first kappa shape index (κ1) is 14.2. The van der Waals surface area contributed by atoms with Gasteiger partial charge in [0, 0.05) is 16.5 Å². The number of hydrazine groups is 1. The molecule has 2 rings (SSSR count). The number of nitrogens with two attached hydrogens (primary N) is 1. The summed E-state index contributed by atoms with van der Waals surface area (Å²) in [6.45, 7) is 2.01. The Balaban J connectivity index is 2.24. The highest BCUT2D eigenvalue weighted by molar-refractivity contribution is 9.10. The third-order valence-corrected chi connectivity index (χ3v) is 3.61. The average Bonchev–Trinajstić information content (AvgIpc) is 2.86. The van der Waals surface area contributed by atoms with Crippen molar-refractivity contribution in [3.63, 3.8) is 0 Å². The summed E-state index contributed by atoms with van der Waals surface area (Å²) in [5, 5.41) is 0. The van der Waals surface area contributed by atoms with Gasteiger partial charge in [0.05, 0.1) is 12.3 Å². The third-order valence-electron chi connectivity index (χ3n) is 3.12. The Morgan fingerprint density at radius 3 is 2.84 bits per heavy atom. The lowest BCUT2D eigenvalue weighted by Gasteiger charge is -2.16. The number of hydrogen-bond donors (Lipinski definition) is 2. The maximum atomic E-state index is 13.8. The molecule has 102 valence electrons. The van der Waals surface area contributed by atoms with Gasteiger partial charge >= 0.3 is 0 Å². The van der Waals surface area contributed by atoms with Crippen molar-refractivity contribution in [1.29, 1.82) is 0 Å². The molecule has 3 nitrogen and oxygen atoms in total. The van der Waals surface area contributed by atoms with E-state index in [0.717, 1.165) is 22.2 Å². The molecule has 0 aliphatic carbocycles. The first-order valence-corrected chi connectivity index (χ1v) is 6.91. The first-order valence-electron chi connectivity index (χ1n) is 6.12. The molecule has 5 heteroatoms. The van der Waals surface area contributed by atoms with Gasteiger partial charge in [-0.25, -0.2) is 4.39 Å². The van der Waals surface area contributed by atoms with Crippen LogP contribution in [0.4, 0.5) is 4.39 Å². The van der Waals surface area contributed by atoms with Crippen LogP contribution in [0.15, 0.2) is 39.4 Å². The fourth-order valence-corrected chi connectivity index (χ4v) is 2.45. The zero-order chi connectivity index (χ0) is 13.8. The van der Waals surface area contributed by atoms with Crippen LogP contribution in [0.2, 0.25) is 0 Å². The zero-order valence-electron chi connectivity index (χ0n) is 10.6. The number of benzene rings is 1. The number of hydrogen-bond acceptors (Lipinski definition) is 3. The molecule has 0 aliphatic heterocycles. The van der Waals surface area contributed by atoms with Crippen molar-refractivity contribution in [3.05, 3.63) is 57.7 Å². The second-order valence-electron chi connectivity index (χ2n) is 4.31. The van der Waals surface area contributed by atoms with E-state index in [1.54, 1.807) is 12.3 Å². The van der Waals surface area contributed by atoms with E-state index in [-0.39, 0.29) is 11.9 Å². The van der Waals surface area contributed by atoms with Crippen LogP contribution in [-0.4, -0.2) is 0 Å². The number of rotatable bonds is 5. The molecule has 19 heavy (non-hydrogen) atoms. The molecule has 0 amide bonds. The van der Waals surface area contributed by atoms with E-state index in [1.807, 2.05) is 19.1 Å². The molecular weight excluding hydrogens is 311 g/mol. The molecule has 1 aromatic carbocycles. The standard InChI is InChI=1S/C14H16BrFN2O/c1-2-14-11(5-6-19-14)13(18-17)7-9-3-4-10(15)8-12(9)16/h3-6,8,13,18H,2,7,17H2,1H3. The molecular formula is C14H16BrFN2O. The lowest BCUT2D eigenvalue weighted by Crippen LogP contribution is -2.30. The Morgan fingerprint density at radius 1 is 1.42 bits per heavy atom. The molecule has 1 atom stereocenters. The van der Waals surface area contributed by atoms with Gasteiger partial charge in [0.15, 0.2) is 0 Å². The quantitative estimate of drug-likeness (QED) is 0.653. The molecule has 3 N–H and O–H groups in total. The van der Waals surface area contributed by atoms with Gasteiger partial charge < -0.3 is 4.42 Å². The van der Waals surface area contributed by atoms with Gasteiger partial charge in [0.1, 0.15) is 11.6 Å². The van der Waals surface area contributed by atoms with E-state index in [1.165, 1.54) is 6.07 Å². The van der Waals surface area contributed by atoms with Gasteiger partial charge in [-0.15, -0.1) is 0 Å². The summed E-state index contributed by atoms with van der Waals surface area (Å²) >= 11 is 3.25. The van der Waals surface area contributed by atoms with Crippen LogP contribution in [0, 0.1) is 5.82 Å². The summed E-state index contributed by atoms with van der Waals surface area (Å²) in [6, 6.07) is 6.75. The minimum absolute atomic E-state index is 0.163. The van der Waals surface area contributed by atoms with Crippen molar-refractivity contribution in [1.82, 2.24) is 5.43 Å². The summed E-state index contributed by atoms with van der Waals surface area (Å²) in [6.07, 6.45) is 2.89. The SMILES string of the molecule is CCc1occc1C(Cc1ccc(Br)cc1F)NN. The summed E-state index contributed by atoms with van der Waals surface area (Å²) in [7, 11) is 0. The van der Waals surface area contributed by atoms with E-state index in [4.69, 9.17) is 10.3 Å². The maximum absolute atomic E-state index is 13.8. The van der Waals surface area contributed by atoms with Crippen LogP contribution in [0.3, 0.4) is 0 Å². The van der Waals surface area contributed by atoms with E-state index in [2.05, 4.69) is 21.4 Å². The summed E-state index contributed by atoms with van der Waals surface area (Å²) in [5.41, 5.74) is 4.33. The fraction of sp³-hybridized carbons (Fsp3) is 0.286. The maximum Gasteiger partial charge on any atom is 0.127 e. The van der Waals surface area contributed by atoms with Crippen LogP contribution in [0.25, 0.3) is 0 Å². The van der Waals surface area contributed by atoms with Crippen LogP contribution >= 0.6 is 15.9 Å². The number of halogens is 2. The van der Waals surface area contributed by atoms with E-state index >= 15 is 0 Å². The zero-order valence-corrected chi connectivity index (χ0v) is 12.2. The fourth-order valence-electron chi connectivity index (χ4n) is 2.11. The lowest BCUT2D eigenvalue weighted by molar-refractivity contribution is 0.482. The smallest absolute Gasteiger partial charge is 0.127 e. The predicted molar refractivity (Wildman–Crippen MR) is 76.0 cm³/mol. The monoisotopic (exact) mass is 326 g/mol. The molecule has 0 radical (unpaired) electrons. The Bertz CT molecular complexity index is 556. The van der Waals surface area contributed by atoms with E-state index < -0.39 is 0 Å². The van der Waals surface area contributed by atoms with Gasteiger partial charge in [0.25, 0.3) is 0 Å². The third kappa shape index (κ3) is 3.23. The molecule has 2 aromatic rings. The van der Waals surface area contributed by atoms with Crippen molar-refractivity contribution < 1.29 is 8.81 Å². The minimum atomic E-state index is -0.240. The van der Waals surface area contributed by atoms with Crippen molar-refractivity contribution in [2.75, 3.05) is 0 Å². The molecule has 0 saturated carbocycles. The van der Waals surface area contributed by atoms with Gasteiger partial charge in [-0.3, -0.25) is 11.3 Å². The number of nitrogens with one attached hydrogen (secondary N) is 1. The van der Waals surface area contributed by atoms with Crippen LogP contribution in [0.1, 0.15) is 29.9 Å². The Hall–Kier alpha value is -1.17. The highest BCUT2D eigenvalue weighted by Crippen LogP contribution is 2.25. The first-order chi connectivity index (χ1) is 9.15. The Morgan fingerprint density at radius 2 is 2.21 bits per heavy atom. The summed E-state index contributed by atoms with van der Waals surface area (Å²) in [5.74, 6) is 6.23. The molecule has 0 saturated heterocycles. The van der Waals surface area contributed by atoms with Crippen LogP contribution in [0.5, 0.6) is 0 Å². The molecule has 1 heterocycles. The minimum Gasteiger partial charge on any atom is -0.469 e. The Labute approximate surface area is 120 Å². The molecule has 0 bridgehead atoms. The van der Waals surface area contributed by atoms with E-state index in [0.29, 0.717) is 12.0 Å². The second kappa shape index (κ2) is 6.32. The Kier molecular flexibility index (Phi) is 4.74. The van der Waals surface area contributed by atoms with Gasteiger partial charge in [0.2, 0.25) is 0 Å². The highest BCUT2D eigenvalue weighted by atomic mass is 79.9. The molecule has 0 spiro atoms. The average molecular weight is 327 g/mol. The van der Waals surface area contributed by atoms with Gasteiger partial charge in [-0.2, -0.15) is 0 Å². The lowest BCUT2D eigenvalue weighted by atomic mass is 9.98. The second-order valence-corrected chi connectivity index (χ2v) is 5.23. The molecule has 1 unspecified atom stereocenters. The topological polar surface area (TPSA) is 51.2 Å².